The van der Waals surface area contributed by atoms with Crippen molar-refractivity contribution >= 4 is 19.7 Å². The molecule has 0 N–H and O–H groups in total. The summed E-state index contributed by atoms with van der Waals surface area (Å²) in [6, 6.07) is 16.7. The highest BCUT2D eigenvalue weighted by atomic mass is 32.2. The van der Waals surface area contributed by atoms with Crippen LogP contribution >= 0.6 is 0 Å². The van der Waals surface area contributed by atoms with E-state index < -0.39 is 30.6 Å². The van der Waals surface area contributed by atoms with E-state index in [9.17, 15) is 16.8 Å². The molecule has 2 aliphatic rings. The third kappa shape index (κ3) is 4.19. The van der Waals surface area contributed by atoms with Gasteiger partial charge < -0.3 is 0 Å². The SMILES string of the molecule is O=S(=O)(CCN1O[C@@H](S(=O)(=O)c2ccccc2)CC12CCCCC2)c1ccccc1. The van der Waals surface area contributed by atoms with Gasteiger partial charge in [-0.1, -0.05) is 55.7 Å². The molecule has 1 aliphatic carbocycles. The lowest BCUT2D eigenvalue weighted by atomic mass is 9.80. The second kappa shape index (κ2) is 8.42. The fourth-order valence-electron chi connectivity index (χ4n) is 4.53. The molecule has 1 saturated heterocycles. The molecule has 1 spiro atoms. The Morgan fingerprint density at radius 2 is 1.40 bits per heavy atom. The number of hydrogen-bond donors (Lipinski definition) is 0. The quantitative estimate of drug-likeness (QED) is 0.670. The highest BCUT2D eigenvalue weighted by molar-refractivity contribution is 7.92. The van der Waals surface area contributed by atoms with Crippen LogP contribution < -0.4 is 0 Å². The molecule has 8 heteroatoms. The predicted molar refractivity (Wildman–Crippen MR) is 114 cm³/mol. The minimum atomic E-state index is -3.67. The molecule has 162 valence electrons. The van der Waals surface area contributed by atoms with Gasteiger partial charge in [-0.3, -0.25) is 4.84 Å². The van der Waals surface area contributed by atoms with Crippen LogP contribution in [-0.2, 0) is 24.5 Å². The third-order valence-electron chi connectivity index (χ3n) is 6.19. The molecule has 0 amide bonds. The summed E-state index contributed by atoms with van der Waals surface area (Å²) in [7, 11) is -7.15. The summed E-state index contributed by atoms with van der Waals surface area (Å²) < 4.78 is 51.8. The zero-order valence-corrected chi connectivity index (χ0v) is 18.4. The summed E-state index contributed by atoms with van der Waals surface area (Å²) in [5.74, 6) is -0.114. The average Bonchev–Trinajstić information content (AvgIpc) is 3.12. The monoisotopic (exact) mass is 449 g/mol. The first kappa shape index (κ1) is 21.5. The number of hydrogen-bond acceptors (Lipinski definition) is 6. The smallest absolute Gasteiger partial charge is 0.207 e. The molecule has 6 nitrogen and oxygen atoms in total. The minimum Gasteiger partial charge on any atom is -0.278 e. The summed E-state index contributed by atoms with van der Waals surface area (Å²) in [4.78, 5) is 6.50. The van der Waals surface area contributed by atoms with Crippen molar-refractivity contribution in [2.75, 3.05) is 12.3 Å². The second-order valence-corrected chi connectivity index (χ2v) is 12.3. The van der Waals surface area contributed by atoms with Gasteiger partial charge in [-0.15, -0.1) is 0 Å². The first-order chi connectivity index (χ1) is 14.3. The van der Waals surface area contributed by atoms with Crippen molar-refractivity contribution in [3.8, 4) is 0 Å². The van der Waals surface area contributed by atoms with Crippen LogP contribution in [0.3, 0.4) is 0 Å². The molecule has 1 atom stereocenters. The van der Waals surface area contributed by atoms with Gasteiger partial charge in [0, 0.05) is 18.5 Å². The fourth-order valence-corrected chi connectivity index (χ4v) is 7.33. The lowest BCUT2D eigenvalue weighted by molar-refractivity contribution is -0.175. The van der Waals surface area contributed by atoms with Crippen LogP contribution in [0.15, 0.2) is 70.5 Å². The van der Waals surface area contributed by atoms with Gasteiger partial charge in [-0.05, 0) is 37.1 Å². The molecule has 0 bridgehead atoms. The zero-order valence-electron chi connectivity index (χ0n) is 16.8. The molecule has 1 heterocycles. The number of nitrogens with zero attached hydrogens (tertiary/aromatic N) is 1. The van der Waals surface area contributed by atoms with Crippen molar-refractivity contribution in [1.29, 1.82) is 0 Å². The number of benzene rings is 2. The number of rotatable bonds is 6. The molecule has 2 fully saturated rings. The van der Waals surface area contributed by atoms with Gasteiger partial charge in [-0.25, -0.2) is 16.8 Å². The number of sulfone groups is 2. The van der Waals surface area contributed by atoms with Gasteiger partial charge >= 0.3 is 0 Å². The molecule has 0 radical (unpaired) electrons. The Morgan fingerprint density at radius 3 is 2.00 bits per heavy atom. The van der Waals surface area contributed by atoms with Crippen molar-refractivity contribution in [3.63, 3.8) is 0 Å². The Hall–Kier alpha value is -1.74. The third-order valence-corrected chi connectivity index (χ3v) is 9.77. The van der Waals surface area contributed by atoms with Crippen LogP contribution in [0.4, 0.5) is 0 Å². The van der Waals surface area contributed by atoms with Crippen LogP contribution in [0.5, 0.6) is 0 Å². The lowest BCUT2D eigenvalue weighted by Crippen LogP contribution is -2.46. The maximum absolute atomic E-state index is 13.2. The summed E-state index contributed by atoms with van der Waals surface area (Å²) in [6.45, 7) is 0.151. The van der Waals surface area contributed by atoms with E-state index in [4.69, 9.17) is 4.84 Å². The molecule has 2 aromatic carbocycles. The molecular weight excluding hydrogens is 422 g/mol. The average molecular weight is 450 g/mol. The van der Waals surface area contributed by atoms with Crippen LogP contribution in [0.2, 0.25) is 0 Å². The first-order valence-electron chi connectivity index (χ1n) is 10.3. The van der Waals surface area contributed by atoms with E-state index in [-0.39, 0.29) is 22.1 Å². The highest BCUT2D eigenvalue weighted by Gasteiger charge is 2.51. The highest BCUT2D eigenvalue weighted by Crippen LogP contribution is 2.45. The predicted octanol–water partition coefficient (Wildman–Crippen LogP) is 3.60. The fraction of sp³-hybridized carbons (Fsp3) is 0.455. The van der Waals surface area contributed by atoms with E-state index in [1.54, 1.807) is 65.7 Å². The molecular formula is C22H27NO5S2. The Morgan fingerprint density at radius 1 is 0.833 bits per heavy atom. The largest absolute Gasteiger partial charge is 0.278 e. The Bertz CT molecular complexity index is 1060. The summed E-state index contributed by atoms with van der Waals surface area (Å²) in [5.41, 5.74) is -1.41. The van der Waals surface area contributed by atoms with Gasteiger partial charge in [0.05, 0.1) is 15.5 Å². The van der Waals surface area contributed by atoms with Gasteiger partial charge in [0.2, 0.25) is 9.84 Å². The number of hydroxylamine groups is 2. The lowest BCUT2D eigenvalue weighted by Gasteiger charge is -2.39. The van der Waals surface area contributed by atoms with Crippen molar-refractivity contribution < 1.29 is 21.7 Å². The van der Waals surface area contributed by atoms with E-state index in [1.165, 1.54) is 0 Å². The summed E-state index contributed by atoms with van der Waals surface area (Å²) in [6.07, 6.45) is 5.09. The van der Waals surface area contributed by atoms with Gasteiger partial charge in [0.1, 0.15) is 0 Å². The minimum absolute atomic E-state index is 0.114. The van der Waals surface area contributed by atoms with Crippen LogP contribution in [0, 0.1) is 0 Å². The molecule has 4 rings (SSSR count). The van der Waals surface area contributed by atoms with Crippen LogP contribution in [-0.4, -0.2) is 45.2 Å². The van der Waals surface area contributed by atoms with Crippen molar-refractivity contribution in [2.24, 2.45) is 0 Å². The Labute approximate surface area is 178 Å². The molecule has 1 saturated carbocycles. The Balaban J connectivity index is 1.57. The van der Waals surface area contributed by atoms with Crippen molar-refractivity contribution in [3.05, 3.63) is 60.7 Å². The Kier molecular flexibility index (Phi) is 6.03. The zero-order chi connectivity index (χ0) is 21.2. The topological polar surface area (TPSA) is 80.8 Å². The van der Waals surface area contributed by atoms with E-state index in [0.717, 1.165) is 32.1 Å². The van der Waals surface area contributed by atoms with Crippen molar-refractivity contribution in [1.82, 2.24) is 5.06 Å². The maximum atomic E-state index is 13.2. The van der Waals surface area contributed by atoms with E-state index >= 15 is 0 Å². The van der Waals surface area contributed by atoms with E-state index in [2.05, 4.69) is 0 Å². The van der Waals surface area contributed by atoms with Crippen LogP contribution in [0.25, 0.3) is 0 Å². The molecule has 30 heavy (non-hydrogen) atoms. The molecule has 0 aromatic heterocycles. The molecule has 2 aromatic rings. The van der Waals surface area contributed by atoms with Gasteiger partial charge in [0.15, 0.2) is 15.3 Å². The standard InChI is InChI=1S/C22H27NO5S2/c24-29(25,19-10-4-1-5-11-19)17-16-23-22(14-8-3-9-15-22)18-21(28-23)30(26,27)20-12-6-2-7-13-20/h1-2,4-7,10-13,21H,3,8-9,14-18H2/t21-/m0/s1. The first-order valence-corrected chi connectivity index (χ1v) is 13.5. The molecule has 1 aliphatic heterocycles. The van der Waals surface area contributed by atoms with Gasteiger partial charge in [0.25, 0.3) is 0 Å². The molecule has 0 unspecified atom stereocenters. The second-order valence-electron chi connectivity index (χ2n) is 8.12. The maximum Gasteiger partial charge on any atom is 0.207 e. The normalized spacial score (nSPS) is 22.3. The van der Waals surface area contributed by atoms with Gasteiger partial charge in [-0.2, -0.15) is 5.06 Å². The van der Waals surface area contributed by atoms with E-state index in [1.807, 2.05) is 0 Å². The van der Waals surface area contributed by atoms with Crippen molar-refractivity contribution in [2.45, 2.75) is 59.3 Å². The van der Waals surface area contributed by atoms with E-state index in [0.29, 0.717) is 6.42 Å². The summed E-state index contributed by atoms with van der Waals surface area (Å²) >= 11 is 0. The van der Waals surface area contributed by atoms with Crippen LogP contribution in [0.1, 0.15) is 38.5 Å². The summed E-state index contributed by atoms with van der Waals surface area (Å²) in [5, 5.41) is 1.68.